The largest absolute Gasteiger partial charge is 0.494 e. The molecule has 0 aliphatic carbocycles. The molecule has 0 unspecified atom stereocenters. The Kier molecular flexibility index (Phi) is 6.52. The summed E-state index contributed by atoms with van der Waals surface area (Å²) in [5.41, 5.74) is 0.889. The fraction of sp³-hybridized carbons (Fsp3) is 0.429. The number of aryl methyl sites for hydroxylation is 1. The van der Waals surface area contributed by atoms with Crippen molar-refractivity contribution in [3.63, 3.8) is 0 Å². The molecule has 0 saturated heterocycles. The second-order valence-electron chi connectivity index (χ2n) is 4.18. The van der Waals surface area contributed by atoms with Gasteiger partial charge >= 0.3 is 5.97 Å². The van der Waals surface area contributed by atoms with Gasteiger partial charge in [0.05, 0.1) is 13.2 Å². The molecule has 1 aromatic carbocycles. The van der Waals surface area contributed by atoms with Crippen LogP contribution < -0.4 is 10.1 Å². The summed E-state index contributed by atoms with van der Waals surface area (Å²) < 4.78 is 5.44. The molecule has 1 atom stereocenters. The highest BCUT2D eigenvalue weighted by Crippen LogP contribution is 2.19. The third-order valence-electron chi connectivity index (χ3n) is 2.71. The summed E-state index contributed by atoms with van der Waals surface area (Å²) in [5.74, 6) is -0.951. The van der Waals surface area contributed by atoms with Crippen LogP contribution in [0.3, 0.4) is 0 Å². The van der Waals surface area contributed by atoms with Crippen LogP contribution in [0.2, 0.25) is 0 Å². The molecule has 1 amide bonds. The maximum Gasteiger partial charge on any atom is 0.328 e. The SMILES string of the molecule is CCOc1ccccc1CCC(=O)N[C@@H](CO)C(=O)O. The van der Waals surface area contributed by atoms with Crippen molar-refractivity contribution in [2.24, 2.45) is 0 Å². The third kappa shape index (κ3) is 4.89. The molecular weight excluding hydrogens is 262 g/mol. The average molecular weight is 281 g/mol. The number of amides is 1. The molecule has 0 spiro atoms. The van der Waals surface area contributed by atoms with Gasteiger partial charge < -0.3 is 20.3 Å². The van der Waals surface area contributed by atoms with Gasteiger partial charge in [0, 0.05) is 6.42 Å². The minimum absolute atomic E-state index is 0.133. The molecule has 0 aliphatic rings. The number of aliphatic carboxylic acids is 1. The van der Waals surface area contributed by atoms with Crippen molar-refractivity contribution in [2.45, 2.75) is 25.8 Å². The van der Waals surface area contributed by atoms with Crippen LogP contribution in [0, 0.1) is 0 Å². The Labute approximate surface area is 117 Å². The van der Waals surface area contributed by atoms with E-state index in [0.717, 1.165) is 11.3 Å². The van der Waals surface area contributed by atoms with E-state index in [1.165, 1.54) is 0 Å². The molecule has 6 heteroatoms. The molecule has 0 fully saturated rings. The number of nitrogens with one attached hydrogen (secondary N) is 1. The van der Waals surface area contributed by atoms with Crippen molar-refractivity contribution in [1.29, 1.82) is 0 Å². The van der Waals surface area contributed by atoms with Crippen LogP contribution >= 0.6 is 0 Å². The predicted octanol–water partition coefficient (Wildman–Crippen LogP) is 0.580. The second kappa shape index (κ2) is 8.16. The lowest BCUT2D eigenvalue weighted by atomic mass is 10.1. The number of aliphatic hydroxyl groups is 1. The highest BCUT2D eigenvalue weighted by Gasteiger charge is 2.18. The Morgan fingerprint density at radius 2 is 2.05 bits per heavy atom. The Morgan fingerprint density at radius 3 is 2.65 bits per heavy atom. The quantitative estimate of drug-likeness (QED) is 0.648. The maximum atomic E-state index is 11.6. The van der Waals surface area contributed by atoms with Gasteiger partial charge in [-0.3, -0.25) is 4.79 Å². The van der Waals surface area contributed by atoms with Crippen molar-refractivity contribution in [3.05, 3.63) is 29.8 Å². The van der Waals surface area contributed by atoms with E-state index in [1.807, 2.05) is 31.2 Å². The molecule has 6 nitrogen and oxygen atoms in total. The normalized spacial score (nSPS) is 11.7. The number of para-hydroxylation sites is 1. The Balaban J connectivity index is 2.54. The third-order valence-corrected chi connectivity index (χ3v) is 2.71. The lowest BCUT2D eigenvalue weighted by Gasteiger charge is -2.12. The monoisotopic (exact) mass is 281 g/mol. The number of carbonyl (C=O) groups excluding carboxylic acids is 1. The van der Waals surface area contributed by atoms with Crippen LogP contribution in [0.25, 0.3) is 0 Å². The summed E-state index contributed by atoms with van der Waals surface area (Å²) in [6.45, 7) is 1.79. The summed E-state index contributed by atoms with van der Waals surface area (Å²) in [6, 6.07) is 6.12. The molecule has 0 bridgehead atoms. The van der Waals surface area contributed by atoms with Crippen LogP contribution in [0.5, 0.6) is 5.75 Å². The predicted molar refractivity (Wildman–Crippen MR) is 72.6 cm³/mol. The van der Waals surface area contributed by atoms with Gasteiger partial charge in [-0.05, 0) is 25.0 Å². The van der Waals surface area contributed by atoms with Crippen LogP contribution in [0.1, 0.15) is 18.9 Å². The number of carboxylic acids is 1. The van der Waals surface area contributed by atoms with Crippen LogP contribution in [0.15, 0.2) is 24.3 Å². The van der Waals surface area contributed by atoms with Crippen molar-refractivity contribution < 1.29 is 24.5 Å². The van der Waals surface area contributed by atoms with Gasteiger partial charge in [0.25, 0.3) is 0 Å². The molecular formula is C14H19NO5. The maximum absolute atomic E-state index is 11.6. The summed E-state index contributed by atoms with van der Waals surface area (Å²) in [4.78, 5) is 22.3. The molecule has 0 radical (unpaired) electrons. The Bertz CT molecular complexity index is 461. The summed E-state index contributed by atoms with van der Waals surface area (Å²) in [5, 5.41) is 19.8. The molecule has 0 saturated carbocycles. The van der Waals surface area contributed by atoms with Crippen LogP contribution in [0.4, 0.5) is 0 Å². The number of rotatable bonds is 8. The lowest BCUT2D eigenvalue weighted by Crippen LogP contribution is -2.43. The fourth-order valence-electron chi connectivity index (χ4n) is 1.71. The van der Waals surface area contributed by atoms with E-state index >= 15 is 0 Å². The smallest absolute Gasteiger partial charge is 0.328 e. The van der Waals surface area contributed by atoms with Gasteiger partial charge in [-0.25, -0.2) is 4.79 Å². The van der Waals surface area contributed by atoms with E-state index in [9.17, 15) is 9.59 Å². The Morgan fingerprint density at radius 1 is 1.35 bits per heavy atom. The standard InChI is InChI=1S/C14H19NO5/c1-2-20-12-6-4-3-5-10(12)7-8-13(17)15-11(9-16)14(18)19/h3-6,11,16H,2,7-9H2,1H3,(H,15,17)(H,18,19)/t11-/m0/s1. The topological polar surface area (TPSA) is 95.9 Å². The minimum Gasteiger partial charge on any atom is -0.494 e. The van der Waals surface area contributed by atoms with Crippen molar-refractivity contribution >= 4 is 11.9 Å². The number of aliphatic hydroxyl groups excluding tert-OH is 1. The van der Waals surface area contributed by atoms with Gasteiger partial charge in [0.1, 0.15) is 11.8 Å². The van der Waals surface area contributed by atoms with Gasteiger partial charge in [-0.1, -0.05) is 18.2 Å². The molecule has 20 heavy (non-hydrogen) atoms. The van der Waals surface area contributed by atoms with E-state index in [-0.39, 0.29) is 6.42 Å². The lowest BCUT2D eigenvalue weighted by molar-refractivity contribution is -0.142. The van der Waals surface area contributed by atoms with E-state index in [2.05, 4.69) is 5.32 Å². The minimum atomic E-state index is -1.26. The van der Waals surface area contributed by atoms with E-state index in [1.54, 1.807) is 0 Å². The van der Waals surface area contributed by atoms with Gasteiger partial charge in [0.2, 0.25) is 5.91 Å². The molecule has 0 aliphatic heterocycles. The number of hydrogen-bond acceptors (Lipinski definition) is 4. The molecule has 110 valence electrons. The first-order valence-electron chi connectivity index (χ1n) is 6.42. The first-order chi connectivity index (χ1) is 9.58. The number of benzene rings is 1. The van der Waals surface area contributed by atoms with Gasteiger partial charge in [0.15, 0.2) is 0 Å². The number of carboxylic acid groups (broad SMARTS) is 1. The summed E-state index contributed by atoms with van der Waals surface area (Å²) >= 11 is 0. The van der Waals surface area contributed by atoms with Crippen molar-refractivity contribution in [2.75, 3.05) is 13.2 Å². The van der Waals surface area contributed by atoms with Crippen LogP contribution in [-0.4, -0.2) is 41.3 Å². The van der Waals surface area contributed by atoms with E-state index in [0.29, 0.717) is 13.0 Å². The number of ether oxygens (including phenoxy) is 1. The van der Waals surface area contributed by atoms with Crippen molar-refractivity contribution in [1.82, 2.24) is 5.32 Å². The average Bonchev–Trinajstić information content (AvgIpc) is 2.43. The zero-order valence-electron chi connectivity index (χ0n) is 11.3. The first kappa shape index (κ1) is 16.0. The highest BCUT2D eigenvalue weighted by molar-refractivity contribution is 5.83. The zero-order chi connectivity index (χ0) is 15.0. The summed E-state index contributed by atoms with van der Waals surface area (Å²) in [6.07, 6.45) is 0.577. The molecule has 1 rings (SSSR count). The molecule has 0 heterocycles. The second-order valence-corrected chi connectivity index (χ2v) is 4.18. The summed E-state index contributed by atoms with van der Waals surface area (Å²) in [7, 11) is 0. The zero-order valence-corrected chi connectivity index (χ0v) is 11.3. The molecule has 3 N–H and O–H groups in total. The molecule has 1 aromatic rings. The van der Waals surface area contributed by atoms with Gasteiger partial charge in [-0.2, -0.15) is 0 Å². The molecule has 0 aromatic heterocycles. The fourth-order valence-corrected chi connectivity index (χ4v) is 1.71. The van der Waals surface area contributed by atoms with Crippen LogP contribution in [-0.2, 0) is 16.0 Å². The van der Waals surface area contributed by atoms with E-state index in [4.69, 9.17) is 14.9 Å². The van der Waals surface area contributed by atoms with Gasteiger partial charge in [-0.15, -0.1) is 0 Å². The first-order valence-corrected chi connectivity index (χ1v) is 6.42. The van der Waals surface area contributed by atoms with Crippen molar-refractivity contribution in [3.8, 4) is 5.75 Å². The number of carbonyl (C=O) groups is 2. The highest BCUT2D eigenvalue weighted by atomic mass is 16.5. The van der Waals surface area contributed by atoms with E-state index < -0.39 is 24.5 Å². The Hall–Kier alpha value is -2.08. The number of hydrogen-bond donors (Lipinski definition) is 3.